The van der Waals surface area contributed by atoms with Gasteiger partial charge in [0.15, 0.2) is 5.82 Å². The van der Waals surface area contributed by atoms with Gasteiger partial charge in [-0.15, -0.1) is 0 Å². The van der Waals surface area contributed by atoms with Crippen LogP contribution in [0.2, 0.25) is 0 Å². The fraction of sp³-hybridized carbons (Fsp3) is 0.538. The molecule has 0 saturated heterocycles. The van der Waals surface area contributed by atoms with Crippen LogP contribution in [-0.4, -0.2) is 17.4 Å². The maximum absolute atomic E-state index is 12.0. The van der Waals surface area contributed by atoms with Crippen molar-refractivity contribution in [2.24, 2.45) is 11.8 Å². The lowest BCUT2D eigenvalue weighted by atomic mass is 9.89. The van der Waals surface area contributed by atoms with Gasteiger partial charge in [-0.3, -0.25) is 4.79 Å². The minimum absolute atomic E-state index is 0.110. The molecule has 0 spiro atoms. The van der Waals surface area contributed by atoms with Gasteiger partial charge in [-0.25, -0.2) is 10.8 Å². The van der Waals surface area contributed by atoms with Crippen molar-refractivity contribution < 1.29 is 4.79 Å². The summed E-state index contributed by atoms with van der Waals surface area (Å²) in [5.74, 6) is 6.26. The molecule has 0 bridgehead atoms. The number of aromatic nitrogens is 1. The fourth-order valence-electron chi connectivity index (χ4n) is 2.43. The van der Waals surface area contributed by atoms with Crippen LogP contribution in [-0.2, 0) is 0 Å². The Hall–Kier alpha value is -1.62. The highest BCUT2D eigenvalue weighted by Crippen LogP contribution is 2.22. The summed E-state index contributed by atoms with van der Waals surface area (Å²) in [5, 5.41) is 2.97. The van der Waals surface area contributed by atoms with Crippen LogP contribution in [0, 0.1) is 5.92 Å². The number of nitrogens with two attached hydrogens (primary N) is 1. The van der Waals surface area contributed by atoms with Crippen molar-refractivity contribution in [3.05, 3.63) is 23.9 Å². The number of nitrogen functional groups attached to an aromatic ring is 1. The smallest absolute Gasteiger partial charge is 0.255 e. The molecule has 0 radical (unpaired) electrons. The van der Waals surface area contributed by atoms with E-state index < -0.39 is 0 Å². The van der Waals surface area contributed by atoms with Gasteiger partial charge in [0.1, 0.15) is 0 Å². The van der Waals surface area contributed by atoms with Crippen molar-refractivity contribution in [3.63, 3.8) is 0 Å². The minimum Gasteiger partial charge on any atom is -0.352 e. The van der Waals surface area contributed by atoms with E-state index in [0.717, 1.165) is 6.54 Å². The Bertz CT molecular complexity index is 402. The molecule has 1 aliphatic carbocycles. The van der Waals surface area contributed by atoms with E-state index in [2.05, 4.69) is 15.7 Å². The molecule has 0 atom stereocenters. The zero-order valence-electron chi connectivity index (χ0n) is 10.5. The van der Waals surface area contributed by atoms with Gasteiger partial charge in [-0.05, 0) is 30.9 Å². The Balaban J connectivity index is 1.90. The molecule has 2 rings (SSSR count). The van der Waals surface area contributed by atoms with Crippen molar-refractivity contribution >= 4 is 11.7 Å². The van der Waals surface area contributed by atoms with E-state index in [-0.39, 0.29) is 5.91 Å². The molecule has 18 heavy (non-hydrogen) atoms. The number of hydrazine groups is 1. The number of nitrogens with zero attached hydrogens (tertiary/aromatic N) is 1. The molecule has 1 heterocycles. The molecule has 1 fully saturated rings. The summed E-state index contributed by atoms with van der Waals surface area (Å²) >= 11 is 0. The molecule has 1 aliphatic rings. The SMILES string of the molecule is NNc1ncccc1C(=O)NCC1CCCCC1. The Morgan fingerprint density at radius 1 is 1.39 bits per heavy atom. The summed E-state index contributed by atoms with van der Waals surface area (Å²) in [4.78, 5) is 16.0. The number of amides is 1. The second kappa shape index (κ2) is 6.35. The first kappa shape index (κ1) is 12.8. The van der Waals surface area contributed by atoms with E-state index in [1.165, 1.54) is 32.1 Å². The standard InChI is InChI=1S/C13H20N4O/c14-17-12-11(7-4-8-15-12)13(18)16-9-10-5-2-1-3-6-10/h4,7-8,10H,1-3,5-6,9,14H2,(H,15,17)(H,16,18). The van der Waals surface area contributed by atoms with Crippen molar-refractivity contribution in [2.45, 2.75) is 32.1 Å². The van der Waals surface area contributed by atoms with Crippen LogP contribution in [0.1, 0.15) is 42.5 Å². The van der Waals surface area contributed by atoms with Crippen molar-refractivity contribution in [3.8, 4) is 0 Å². The zero-order chi connectivity index (χ0) is 12.8. The van der Waals surface area contributed by atoms with E-state index >= 15 is 0 Å². The number of carbonyl (C=O) groups is 1. The second-order valence-electron chi connectivity index (χ2n) is 4.76. The Morgan fingerprint density at radius 3 is 2.89 bits per heavy atom. The molecule has 1 aromatic rings. The van der Waals surface area contributed by atoms with Gasteiger partial charge in [0.2, 0.25) is 0 Å². The second-order valence-corrected chi connectivity index (χ2v) is 4.76. The molecular formula is C13H20N4O. The predicted molar refractivity (Wildman–Crippen MR) is 71.0 cm³/mol. The minimum atomic E-state index is -0.110. The average molecular weight is 248 g/mol. The van der Waals surface area contributed by atoms with Crippen LogP contribution in [0.3, 0.4) is 0 Å². The van der Waals surface area contributed by atoms with Crippen LogP contribution in [0.25, 0.3) is 0 Å². The third-order valence-corrected chi connectivity index (χ3v) is 3.47. The fourth-order valence-corrected chi connectivity index (χ4v) is 2.43. The van der Waals surface area contributed by atoms with Crippen molar-refractivity contribution in [1.29, 1.82) is 0 Å². The molecule has 0 unspecified atom stereocenters. The summed E-state index contributed by atoms with van der Waals surface area (Å²) in [7, 11) is 0. The number of hydrogen-bond acceptors (Lipinski definition) is 4. The van der Waals surface area contributed by atoms with Gasteiger partial charge in [0, 0.05) is 12.7 Å². The lowest BCUT2D eigenvalue weighted by Crippen LogP contribution is -2.31. The number of nitrogens with one attached hydrogen (secondary N) is 2. The molecule has 98 valence electrons. The first-order valence-electron chi connectivity index (χ1n) is 6.51. The van der Waals surface area contributed by atoms with Gasteiger partial charge in [-0.2, -0.15) is 0 Å². The number of rotatable bonds is 4. The topological polar surface area (TPSA) is 80.0 Å². The highest BCUT2D eigenvalue weighted by molar-refractivity contribution is 5.98. The molecule has 4 N–H and O–H groups in total. The number of hydrogen-bond donors (Lipinski definition) is 3. The maximum Gasteiger partial charge on any atom is 0.255 e. The number of anilines is 1. The Labute approximate surface area is 107 Å². The third-order valence-electron chi connectivity index (χ3n) is 3.47. The third kappa shape index (κ3) is 3.20. The lowest BCUT2D eigenvalue weighted by molar-refractivity contribution is 0.0944. The van der Waals surface area contributed by atoms with Crippen LogP contribution in [0.4, 0.5) is 5.82 Å². The van der Waals surface area contributed by atoms with E-state index in [9.17, 15) is 4.79 Å². The first-order chi connectivity index (χ1) is 8.81. The van der Waals surface area contributed by atoms with E-state index in [4.69, 9.17) is 5.84 Å². The number of pyridine rings is 1. The van der Waals surface area contributed by atoms with Gasteiger partial charge in [0.05, 0.1) is 5.56 Å². The quantitative estimate of drug-likeness (QED) is 0.559. The van der Waals surface area contributed by atoms with E-state index in [1.54, 1.807) is 18.3 Å². The van der Waals surface area contributed by atoms with Crippen LogP contribution in [0.5, 0.6) is 0 Å². The van der Waals surface area contributed by atoms with Gasteiger partial charge >= 0.3 is 0 Å². The first-order valence-corrected chi connectivity index (χ1v) is 6.51. The molecule has 1 amide bonds. The molecule has 5 nitrogen and oxygen atoms in total. The molecule has 5 heteroatoms. The van der Waals surface area contributed by atoms with Crippen LogP contribution < -0.4 is 16.6 Å². The van der Waals surface area contributed by atoms with E-state index in [0.29, 0.717) is 17.3 Å². The Morgan fingerprint density at radius 2 is 2.17 bits per heavy atom. The maximum atomic E-state index is 12.0. The molecule has 1 saturated carbocycles. The zero-order valence-corrected chi connectivity index (χ0v) is 10.5. The van der Waals surface area contributed by atoms with Gasteiger partial charge in [-0.1, -0.05) is 19.3 Å². The normalized spacial score (nSPS) is 16.3. The summed E-state index contributed by atoms with van der Waals surface area (Å²) in [6.07, 6.45) is 7.93. The van der Waals surface area contributed by atoms with Crippen molar-refractivity contribution in [2.75, 3.05) is 12.0 Å². The van der Waals surface area contributed by atoms with E-state index in [1.807, 2.05) is 0 Å². The molecule has 0 aromatic carbocycles. The summed E-state index contributed by atoms with van der Waals surface area (Å²) in [6.45, 7) is 0.748. The van der Waals surface area contributed by atoms with Gasteiger partial charge in [0.25, 0.3) is 5.91 Å². The monoisotopic (exact) mass is 248 g/mol. The summed E-state index contributed by atoms with van der Waals surface area (Å²) in [5.41, 5.74) is 2.94. The molecule has 0 aliphatic heterocycles. The lowest BCUT2D eigenvalue weighted by Gasteiger charge is -2.21. The van der Waals surface area contributed by atoms with Crippen molar-refractivity contribution in [1.82, 2.24) is 10.3 Å². The van der Waals surface area contributed by atoms with Gasteiger partial charge < -0.3 is 10.7 Å². The molecule has 1 aromatic heterocycles. The average Bonchev–Trinajstić information content (AvgIpc) is 2.45. The predicted octanol–water partition coefficient (Wildman–Crippen LogP) is 1.68. The largest absolute Gasteiger partial charge is 0.352 e. The number of carbonyl (C=O) groups excluding carboxylic acids is 1. The van der Waals surface area contributed by atoms with Crippen LogP contribution >= 0.6 is 0 Å². The molecular weight excluding hydrogens is 228 g/mol. The summed E-state index contributed by atoms with van der Waals surface area (Å²) < 4.78 is 0. The summed E-state index contributed by atoms with van der Waals surface area (Å²) in [6, 6.07) is 3.45. The highest BCUT2D eigenvalue weighted by Gasteiger charge is 2.16. The van der Waals surface area contributed by atoms with Crippen LogP contribution in [0.15, 0.2) is 18.3 Å². The Kier molecular flexibility index (Phi) is 4.52. The highest BCUT2D eigenvalue weighted by atomic mass is 16.1.